The molecule has 0 saturated heterocycles. The maximum atomic E-state index is 13.0. The summed E-state index contributed by atoms with van der Waals surface area (Å²) in [7, 11) is 0. The molecule has 3 unspecified atom stereocenters. The first-order valence-corrected chi connectivity index (χ1v) is 12.1. The summed E-state index contributed by atoms with van der Waals surface area (Å²) in [6, 6.07) is 3.47. The van der Waals surface area contributed by atoms with Crippen molar-refractivity contribution in [1.29, 1.82) is 0 Å². The molecule has 0 bridgehead atoms. The fourth-order valence-electron chi connectivity index (χ4n) is 3.41. The number of benzene rings is 1. The highest BCUT2D eigenvalue weighted by Gasteiger charge is 2.30. The summed E-state index contributed by atoms with van der Waals surface area (Å²) in [6.07, 6.45) is 2.91. The van der Waals surface area contributed by atoms with Crippen molar-refractivity contribution in [3.05, 3.63) is 36.0 Å². The van der Waals surface area contributed by atoms with Crippen molar-refractivity contribution in [3.63, 3.8) is 0 Å². The Labute approximate surface area is 205 Å². The van der Waals surface area contributed by atoms with Crippen LogP contribution in [-0.4, -0.2) is 81.5 Å². The minimum absolute atomic E-state index is 0.00246. The van der Waals surface area contributed by atoms with Gasteiger partial charge in [0, 0.05) is 23.5 Å². The second-order valence-corrected chi connectivity index (χ2v) is 8.71. The van der Waals surface area contributed by atoms with Crippen LogP contribution in [0.15, 0.2) is 30.5 Å². The van der Waals surface area contributed by atoms with Gasteiger partial charge in [-0.1, -0.05) is 18.2 Å². The Balaban J connectivity index is 2.16. The SMILES string of the molecule is CSCCC(NC(=O)C(CC(=O)O)NC(=O)CN)C(=O)NC(Cc1c[nH]c2ccccc12)C(=O)O. The Kier molecular flexibility index (Phi) is 10.5. The zero-order chi connectivity index (χ0) is 26.0. The summed E-state index contributed by atoms with van der Waals surface area (Å²) in [4.78, 5) is 63.4. The van der Waals surface area contributed by atoms with E-state index in [1.807, 2.05) is 24.3 Å². The van der Waals surface area contributed by atoms with Crippen LogP contribution >= 0.6 is 11.8 Å². The van der Waals surface area contributed by atoms with Gasteiger partial charge in [-0.15, -0.1) is 0 Å². The molecule has 0 saturated carbocycles. The zero-order valence-electron chi connectivity index (χ0n) is 19.1. The normalized spacial score (nSPS) is 13.4. The lowest BCUT2D eigenvalue weighted by molar-refractivity contribution is -0.143. The molecule has 0 radical (unpaired) electrons. The smallest absolute Gasteiger partial charge is 0.326 e. The van der Waals surface area contributed by atoms with Crippen LogP contribution in [0, 0.1) is 0 Å². The molecular formula is C22H29N5O7S. The van der Waals surface area contributed by atoms with Crippen molar-refractivity contribution in [3.8, 4) is 0 Å². The summed E-state index contributed by atoms with van der Waals surface area (Å²) in [6.45, 7) is -0.450. The number of carboxylic acid groups (broad SMARTS) is 2. The highest BCUT2D eigenvalue weighted by molar-refractivity contribution is 7.98. The number of carboxylic acids is 2. The molecule has 0 aliphatic heterocycles. The van der Waals surface area contributed by atoms with Crippen molar-refractivity contribution in [2.45, 2.75) is 37.4 Å². The molecule has 3 amide bonds. The quantitative estimate of drug-likeness (QED) is 0.175. The van der Waals surface area contributed by atoms with E-state index >= 15 is 0 Å². The lowest BCUT2D eigenvalue weighted by atomic mass is 10.0. The molecule has 2 rings (SSSR count). The molecule has 0 spiro atoms. The molecule has 8 N–H and O–H groups in total. The van der Waals surface area contributed by atoms with Gasteiger partial charge in [-0.05, 0) is 30.1 Å². The van der Waals surface area contributed by atoms with Crippen LogP contribution in [0.1, 0.15) is 18.4 Å². The van der Waals surface area contributed by atoms with Gasteiger partial charge in [0.05, 0.1) is 13.0 Å². The molecule has 12 nitrogen and oxygen atoms in total. The van der Waals surface area contributed by atoms with Gasteiger partial charge >= 0.3 is 11.9 Å². The van der Waals surface area contributed by atoms with Gasteiger partial charge in [-0.25, -0.2) is 4.79 Å². The van der Waals surface area contributed by atoms with E-state index in [1.165, 1.54) is 11.8 Å². The van der Waals surface area contributed by atoms with Gasteiger partial charge < -0.3 is 36.9 Å². The number of carbonyl (C=O) groups excluding carboxylic acids is 3. The number of aromatic nitrogens is 1. The second-order valence-electron chi connectivity index (χ2n) is 7.73. The van der Waals surface area contributed by atoms with Crippen LogP contribution in [0.5, 0.6) is 0 Å². The third-order valence-corrected chi connectivity index (χ3v) is 5.82. The minimum atomic E-state index is -1.45. The number of hydrogen-bond acceptors (Lipinski definition) is 7. The maximum absolute atomic E-state index is 13.0. The van der Waals surface area contributed by atoms with Crippen LogP contribution in [-0.2, 0) is 30.4 Å². The summed E-state index contributed by atoms with van der Waals surface area (Å²) in [5, 5.41) is 26.7. The number of H-pyrrole nitrogens is 1. The molecule has 190 valence electrons. The standard InChI is InChI=1S/C22H29N5O7S/c1-35-7-6-15(26-21(32)16(9-19(29)30)25-18(28)10-23)20(31)27-17(22(33)34)8-12-11-24-14-5-3-2-4-13(12)14/h2-5,11,15-17,24H,6-10,23H2,1H3,(H,25,28)(H,26,32)(H,27,31)(H,29,30)(H,33,34). The molecule has 35 heavy (non-hydrogen) atoms. The number of fused-ring (bicyclic) bond motifs is 1. The summed E-state index contributed by atoms with van der Waals surface area (Å²) < 4.78 is 0. The molecule has 0 aliphatic rings. The van der Waals surface area contributed by atoms with Crippen molar-refractivity contribution in [1.82, 2.24) is 20.9 Å². The van der Waals surface area contributed by atoms with E-state index in [0.717, 1.165) is 10.9 Å². The summed E-state index contributed by atoms with van der Waals surface area (Å²) in [5.41, 5.74) is 6.75. The number of nitrogens with two attached hydrogens (primary N) is 1. The minimum Gasteiger partial charge on any atom is -0.481 e. The van der Waals surface area contributed by atoms with Gasteiger partial charge in [-0.2, -0.15) is 11.8 Å². The average molecular weight is 508 g/mol. The largest absolute Gasteiger partial charge is 0.481 e. The highest BCUT2D eigenvalue weighted by atomic mass is 32.2. The van der Waals surface area contributed by atoms with Crippen LogP contribution in [0.2, 0.25) is 0 Å². The van der Waals surface area contributed by atoms with E-state index in [4.69, 9.17) is 10.8 Å². The Morgan fingerprint density at radius 1 is 1.00 bits per heavy atom. The van der Waals surface area contributed by atoms with E-state index in [1.54, 1.807) is 12.5 Å². The number of aromatic amines is 1. The molecule has 1 aromatic heterocycles. The predicted octanol–water partition coefficient (Wildman–Crippen LogP) is -0.564. The molecule has 3 atom stereocenters. The van der Waals surface area contributed by atoms with Crippen LogP contribution in [0.4, 0.5) is 0 Å². The first-order chi connectivity index (χ1) is 16.7. The average Bonchev–Trinajstić information content (AvgIpc) is 3.22. The molecule has 1 aromatic carbocycles. The molecule has 2 aromatic rings. The Morgan fingerprint density at radius 3 is 2.29 bits per heavy atom. The Bertz CT molecular complexity index is 1070. The fraction of sp³-hybridized carbons (Fsp3) is 0.409. The Hall–Kier alpha value is -3.58. The van der Waals surface area contributed by atoms with E-state index in [0.29, 0.717) is 11.3 Å². The van der Waals surface area contributed by atoms with Gasteiger partial charge in [-0.3, -0.25) is 19.2 Å². The monoisotopic (exact) mass is 507 g/mol. The van der Waals surface area contributed by atoms with Crippen LogP contribution < -0.4 is 21.7 Å². The molecule has 0 fully saturated rings. The lowest BCUT2D eigenvalue weighted by Gasteiger charge is -2.24. The number of aliphatic carboxylic acids is 2. The number of para-hydroxylation sites is 1. The summed E-state index contributed by atoms with van der Waals surface area (Å²) in [5.74, 6) is -4.49. The van der Waals surface area contributed by atoms with E-state index in [9.17, 15) is 29.1 Å². The topological polar surface area (TPSA) is 204 Å². The second kappa shape index (κ2) is 13.3. The number of carbonyl (C=O) groups is 5. The number of nitrogens with one attached hydrogen (secondary N) is 4. The third-order valence-electron chi connectivity index (χ3n) is 5.17. The third kappa shape index (κ3) is 8.30. The van der Waals surface area contributed by atoms with E-state index in [2.05, 4.69) is 20.9 Å². The number of hydrogen-bond donors (Lipinski definition) is 7. The first-order valence-electron chi connectivity index (χ1n) is 10.7. The number of amides is 3. The van der Waals surface area contributed by atoms with Gasteiger partial charge in [0.25, 0.3) is 0 Å². The van der Waals surface area contributed by atoms with Crippen molar-refractivity contribution >= 4 is 52.3 Å². The van der Waals surface area contributed by atoms with Crippen LogP contribution in [0.25, 0.3) is 10.9 Å². The van der Waals surface area contributed by atoms with E-state index in [-0.39, 0.29) is 12.8 Å². The molecular weight excluding hydrogens is 478 g/mol. The molecule has 13 heteroatoms. The fourth-order valence-corrected chi connectivity index (χ4v) is 3.88. The van der Waals surface area contributed by atoms with Crippen molar-refractivity contribution in [2.24, 2.45) is 5.73 Å². The maximum Gasteiger partial charge on any atom is 0.326 e. The van der Waals surface area contributed by atoms with Crippen molar-refractivity contribution in [2.75, 3.05) is 18.6 Å². The number of rotatable bonds is 14. The number of thioether (sulfide) groups is 1. The van der Waals surface area contributed by atoms with Crippen molar-refractivity contribution < 1.29 is 34.2 Å². The Morgan fingerprint density at radius 2 is 1.66 bits per heavy atom. The highest BCUT2D eigenvalue weighted by Crippen LogP contribution is 2.19. The van der Waals surface area contributed by atoms with Gasteiger partial charge in [0.2, 0.25) is 17.7 Å². The van der Waals surface area contributed by atoms with Gasteiger partial charge in [0.1, 0.15) is 18.1 Å². The van der Waals surface area contributed by atoms with Gasteiger partial charge in [0.15, 0.2) is 0 Å². The first kappa shape index (κ1) is 27.7. The van der Waals surface area contributed by atoms with E-state index < -0.39 is 60.8 Å². The molecule has 1 heterocycles. The lowest BCUT2D eigenvalue weighted by Crippen LogP contribution is -2.57. The predicted molar refractivity (Wildman–Crippen MR) is 130 cm³/mol. The zero-order valence-corrected chi connectivity index (χ0v) is 19.9. The summed E-state index contributed by atoms with van der Waals surface area (Å²) >= 11 is 1.41. The molecule has 0 aliphatic carbocycles. The van der Waals surface area contributed by atoms with Crippen LogP contribution in [0.3, 0.4) is 0 Å².